The topological polar surface area (TPSA) is 58.4 Å². The number of halogens is 2. The fourth-order valence-electron chi connectivity index (χ4n) is 2.58. The first-order valence-corrected chi connectivity index (χ1v) is 6.69. The van der Waals surface area contributed by atoms with Crippen LogP contribution in [0, 0.1) is 0 Å². The van der Waals surface area contributed by atoms with E-state index >= 15 is 0 Å². The highest BCUT2D eigenvalue weighted by Crippen LogP contribution is 2.30. The molecule has 1 rings (SSSR count). The van der Waals surface area contributed by atoms with Gasteiger partial charge in [0.2, 0.25) is 5.91 Å². The van der Waals surface area contributed by atoms with Crippen LogP contribution in [0.4, 0.5) is 0 Å². The van der Waals surface area contributed by atoms with Crippen LogP contribution in [0.2, 0.25) is 0 Å². The van der Waals surface area contributed by atoms with E-state index < -0.39 is 6.04 Å². The molecule has 0 aliphatic heterocycles. The van der Waals surface area contributed by atoms with Gasteiger partial charge in [-0.2, -0.15) is 0 Å². The number of hydrogen-bond donors (Lipinski definition) is 2. The van der Waals surface area contributed by atoms with E-state index in [9.17, 15) is 4.79 Å². The zero-order valence-corrected chi connectivity index (χ0v) is 13.9. The van der Waals surface area contributed by atoms with E-state index in [0.717, 1.165) is 6.54 Å². The Balaban J connectivity index is 0. The summed E-state index contributed by atoms with van der Waals surface area (Å²) >= 11 is 0. The molecule has 0 heterocycles. The van der Waals surface area contributed by atoms with Crippen LogP contribution in [0.15, 0.2) is 0 Å². The van der Waals surface area contributed by atoms with Crippen LogP contribution < -0.4 is 11.1 Å². The van der Waals surface area contributed by atoms with Gasteiger partial charge in [0, 0.05) is 12.1 Å². The molecule has 19 heavy (non-hydrogen) atoms. The molecule has 0 saturated heterocycles. The summed E-state index contributed by atoms with van der Waals surface area (Å²) in [5.41, 5.74) is 5.70. The number of hydrogen-bond acceptors (Lipinski definition) is 3. The maximum atomic E-state index is 11.6. The van der Waals surface area contributed by atoms with Crippen LogP contribution >= 0.6 is 24.8 Å². The second kappa shape index (κ2) is 9.81. The second-order valence-corrected chi connectivity index (χ2v) is 5.54. The molecule has 1 atom stereocenters. The number of rotatable bonds is 4. The number of carbonyl (C=O) groups is 1. The fourth-order valence-corrected chi connectivity index (χ4v) is 2.58. The van der Waals surface area contributed by atoms with Gasteiger partial charge in [-0.3, -0.25) is 4.79 Å². The van der Waals surface area contributed by atoms with E-state index in [0.29, 0.717) is 0 Å². The molecule has 3 N–H and O–H groups in total. The molecule has 6 heteroatoms. The summed E-state index contributed by atoms with van der Waals surface area (Å²) in [6, 6.07) is -0.417. The molecule has 4 nitrogen and oxygen atoms in total. The highest BCUT2D eigenvalue weighted by Gasteiger charge is 2.33. The Hall–Kier alpha value is -0.0300. The summed E-state index contributed by atoms with van der Waals surface area (Å²) in [5, 5.41) is 3.00. The lowest BCUT2D eigenvalue weighted by Crippen LogP contribution is -2.54. The van der Waals surface area contributed by atoms with Crippen molar-refractivity contribution in [3.63, 3.8) is 0 Å². The summed E-state index contributed by atoms with van der Waals surface area (Å²) in [5.74, 6) is -0.0459. The van der Waals surface area contributed by atoms with E-state index in [1.807, 2.05) is 0 Å². The van der Waals surface area contributed by atoms with Crippen LogP contribution in [0.5, 0.6) is 0 Å². The Morgan fingerprint density at radius 1 is 1.21 bits per heavy atom. The molecule has 0 bridgehead atoms. The largest absolute Gasteiger partial charge is 0.353 e. The molecular formula is C13H29Cl2N3O. The van der Waals surface area contributed by atoms with E-state index in [-0.39, 0.29) is 36.3 Å². The van der Waals surface area contributed by atoms with E-state index in [4.69, 9.17) is 5.73 Å². The highest BCUT2D eigenvalue weighted by atomic mass is 35.5. The number of amides is 1. The molecule has 0 spiro atoms. The summed E-state index contributed by atoms with van der Waals surface area (Å²) in [6.45, 7) is 2.45. The molecule has 1 fully saturated rings. The van der Waals surface area contributed by atoms with Crippen LogP contribution in [0.25, 0.3) is 0 Å². The predicted molar refractivity (Wildman–Crippen MR) is 85.3 cm³/mol. The van der Waals surface area contributed by atoms with Crippen molar-refractivity contribution in [1.29, 1.82) is 0 Å². The van der Waals surface area contributed by atoms with Gasteiger partial charge in [-0.05, 0) is 33.9 Å². The van der Waals surface area contributed by atoms with E-state index in [2.05, 4.69) is 24.3 Å². The number of likely N-dealkylation sites (N-methyl/N-ethyl adjacent to an activating group) is 1. The van der Waals surface area contributed by atoms with Gasteiger partial charge in [0.15, 0.2) is 0 Å². The molecule has 1 saturated carbocycles. The summed E-state index contributed by atoms with van der Waals surface area (Å²) in [6.07, 6.45) is 7.48. The average Bonchev–Trinajstić information content (AvgIpc) is 2.52. The van der Waals surface area contributed by atoms with Crippen LogP contribution in [-0.2, 0) is 4.79 Å². The maximum absolute atomic E-state index is 11.6. The quantitative estimate of drug-likeness (QED) is 0.780. The molecule has 116 valence electrons. The Morgan fingerprint density at radius 3 is 2.05 bits per heavy atom. The number of nitrogens with zero attached hydrogens (tertiary/aromatic N) is 1. The third-order valence-corrected chi connectivity index (χ3v) is 3.99. The van der Waals surface area contributed by atoms with Crippen LogP contribution in [0.3, 0.4) is 0 Å². The normalized spacial score (nSPS) is 19.6. The molecule has 0 radical (unpaired) electrons. The Kier molecular flexibility index (Phi) is 11.0. The minimum absolute atomic E-state index is 0. The monoisotopic (exact) mass is 313 g/mol. The van der Waals surface area contributed by atoms with Crippen molar-refractivity contribution in [2.75, 3.05) is 20.6 Å². The zero-order valence-electron chi connectivity index (χ0n) is 12.3. The lowest BCUT2D eigenvalue weighted by molar-refractivity contribution is -0.122. The van der Waals surface area contributed by atoms with Crippen molar-refractivity contribution in [3.05, 3.63) is 0 Å². The smallest absolute Gasteiger partial charge is 0.236 e. The van der Waals surface area contributed by atoms with Crippen molar-refractivity contribution < 1.29 is 4.79 Å². The number of nitrogens with two attached hydrogens (primary N) is 1. The lowest BCUT2D eigenvalue weighted by atomic mass is 9.88. The molecule has 0 aromatic heterocycles. The molecule has 1 aliphatic rings. The van der Waals surface area contributed by atoms with Crippen LogP contribution in [0.1, 0.15) is 45.4 Å². The third kappa shape index (κ3) is 6.30. The van der Waals surface area contributed by atoms with E-state index in [1.165, 1.54) is 38.5 Å². The first-order valence-electron chi connectivity index (χ1n) is 6.69. The van der Waals surface area contributed by atoms with E-state index in [1.54, 1.807) is 6.92 Å². The Bertz CT molecular complexity index is 252. The van der Waals surface area contributed by atoms with Crippen molar-refractivity contribution in [2.24, 2.45) is 5.73 Å². The molecule has 0 aromatic rings. The standard InChI is InChI=1S/C13H27N3O.2ClH/c1-11(14)12(17)15-10-13(16(2)3)8-6-4-5-7-9-13;;/h11H,4-10,14H2,1-3H3,(H,15,17);2*1H/t11-;;/m1../s1. The van der Waals surface area contributed by atoms with Crippen molar-refractivity contribution >= 4 is 30.7 Å². The molecule has 0 aromatic carbocycles. The summed E-state index contributed by atoms with van der Waals surface area (Å²) in [7, 11) is 4.23. The molecule has 1 amide bonds. The van der Waals surface area contributed by atoms with Crippen LogP contribution in [-0.4, -0.2) is 43.0 Å². The second-order valence-electron chi connectivity index (χ2n) is 5.54. The molecule has 0 unspecified atom stereocenters. The van der Waals surface area contributed by atoms with Crippen molar-refractivity contribution in [3.8, 4) is 0 Å². The number of carbonyl (C=O) groups excluding carboxylic acids is 1. The SMILES string of the molecule is C[C@@H](N)C(=O)NCC1(N(C)C)CCCCCC1.Cl.Cl. The van der Waals surface area contributed by atoms with Gasteiger partial charge < -0.3 is 16.0 Å². The predicted octanol–water partition coefficient (Wildman–Crippen LogP) is 1.95. The van der Waals surface area contributed by atoms with Gasteiger partial charge in [-0.25, -0.2) is 0 Å². The average molecular weight is 314 g/mol. The molecular weight excluding hydrogens is 285 g/mol. The third-order valence-electron chi connectivity index (χ3n) is 3.99. The lowest BCUT2D eigenvalue weighted by Gasteiger charge is -2.39. The zero-order chi connectivity index (χ0) is 12.9. The van der Waals surface area contributed by atoms with Gasteiger partial charge >= 0.3 is 0 Å². The number of nitrogens with one attached hydrogen (secondary N) is 1. The maximum Gasteiger partial charge on any atom is 0.236 e. The van der Waals surface area contributed by atoms with Gasteiger partial charge in [-0.15, -0.1) is 24.8 Å². The van der Waals surface area contributed by atoms with Gasteiger partial charge in [0.1, 0.15) is 0 Å². The fraction of sp³-hybridized carbons (Fsp3) is 0.923. The molecule has 1 aliphatic carbocycles. The first kappa shape index (κ1) is 21.3. The summed E-state index contributed by atoms with van der Waals surface area (Å²) < 4.78 is 0. The van der Waals surface area contributed by atoms with Gasteiger partial charge in [-0.1, -0.05) is 25.7 Å². The van der Waals surface area contributed by atoms with Gasteiger partial charge in [0.05, 0.1) is 6.04 Å². The minimum Gasteiger partial charge on any atom is -0.353 e. The Labute approximate surface area is 129 Å². The Morgan fingerprint density at radius 2 is 1.68 bits per heavy atom. The van der Waals surface area contributed by atoms with Gasteiger partial charge in [0.25, 0.3) is 0 Å². The first-order chi connectivity index (χ1) is 7.98. The van der Waals surface area contributed by atoms with Crippen molar-refractivity contribution in [2.45, 2.75) is 57.0 Å². The van der Waals surface area contributed by atoms with Crippen molar-refractivity contribution in [1.82, 2.24) is 10.2 Å². The highest BCUT2D eigenvalue weighted by molar-refractivity contribution is 5.85. The minimum atomic E-state index is -0.417. The summed E-state index contributed by atoms with van der Waals surface area (Å²) in [4.78, 5) is 13.9.